The highest BCUT2D eigenvalue weighted by molar-refractivity contribution is 8.13. The Morgan fingerprint density at radius 2 is 1.62 bits per heavy atom. The minimum absolute atomic E-state index is 0.0655. The van der Waals surface area contributed by atoms with Gasteiger partial charge in [0.15, 0.2) is 5.12 Å². The number of likely N-dealkylation sites (tertiary alicyclic amines) is 1. The molecule has 0 atom stereocenters. The molecule has 29 heavy (non-hydrogen) atoms. The zero-order valence-electron chi connectivity index (χ0n) is 17.1. The fourth-order valence-corrected chi connectivity index (χ4v) is 4.45. The SMILES string of the molecule is CC(=O)SCCC(=O)N(c1ccccc1)C1CCN(CCc2ccccc2)CC1. The largest absolute Gasteiger partial charge is 0.309 e. The van der Waals surface area contributed by atoms with Gasteiger partial charge in [0.1, 0.15) is 0 Å². The van der Waals surface area contributed by atoms with Crippen molar-refractivity contribution in [2.45, 2.75) is 38.6 Å². The highest BCUT2D eigenvalue weighted by Gasteiger charge is 2.28. The molecule has 3 rings (SSSR count). The maximum atomic E-state index is 13.0. The van der Waals surface area contributed by atoms with Crippen molar-refractivity contribution in [3.05, 3.63) is 66.2 Å². The number of rotatable bonds is 8. The van der Waals surface area contributed by atoms with Crippen molar-refractivity contribution in [1.82, 2.24) is 4.90 Å². The van der Waals surface area contributed by atoms with E-state index in [0.717, 1.165) is 44.6 Å². The third kappa shape index (κ3) is 6.72. The maximum Gasteiger partial charge on any atom is 0.228 e. The molecular weight excluding hydrogens is 380 g/mol. The first-order chi connectivity index (χ1) is 14.1. The van der Waals surface area contributed by atoms with Crippen LogP contribution in [0, 0.1) is 0 Å². The van der Waals surface area contributed by atoms with Crippen LogP contribution < -0.4 is 4.90 Å². The topological polar surface area (TPSA) is 40.6 Å². The number of carbonyl (C=O) groups is 2. The van der Waals surface area contributed by atoms with Crippen molar-refractivity contribution < 1.29 is 9.59 Å². The molecule has 0 bridgehead atoms. The molecule has 0 aromatic heterocycles. The molecule has 4 nitrogen and oxygen atoms in total. The van der Waals surface area contributed by atoms with E-state index in [-0.39, 0.29) is 17.1 Å². The zero-order valence-corrected chi connectivity index (χ0v) is 17.9. The quantitative estimate of drug-likeness (QED) is 0.647. The molecule has 2 aromatic rings. The number of anilines is 1. The number of piperidine rings is 1. The van der Waals surface area contributed by atoms with Crippen molar-refractivity contribution in [2.24, 2.45) is 0 Å². The molecule has 1 saturated heterocycles. The number of carbonyl (C=O) groups excluding carboxylic acids is 2. The standard InChI is InChI=1S/C24H30N2O2S/c1-20(27)29-19-15-24(28)26(22-10-6-3-7-11-22)23-13-17-25(18-14-23)16-12-21-8-4-2-5-9-21/h2-11,23H,12-19H2,1H3. The highest BCUT2D eigenvalue weighted by atomic mass is 32.2. The third-order valence-corrected chi connectivity index (χ3v) is 6.22. The van der Waals surface area contributed by atoms with Gasteiger partial charge in [0, 0.05) is 50.5 Å². The summed E-state index contributed by atoms with van der Waals surface area (Å²) < 4.78 is 0. The van der Waals surface area contributed by atoms with E-state index in [1.165, 1.54) is 17.3 Å². The van der Waals surface area contributed by atoms with E-state index in [2.05, 4.69) is 35.2 Å². The van der Waals surface area contributed by atoms with Gasteiger partial charge in [-0.05, 0) is 37.0 Å². The maximum absolute atomic E-state index is 13.0. The second-order valence-electron chi connectivity index (χ2n) is 7.50. The van der Waals surface area contributed by atoms with E-state index < -0.39 is 0 Å². The second-order valence-corrected chi connectivity index (χ2v) is 8.77. The lowest BCUT2D eigenvalue weighted by molar-refractivity contribution is -0.118. The fourth-order valence-electron chi connectivity index (χ4n) is 3.88. The van der Waals surface area contributed by atoms with Crippen LogP contribution in [0.4, 0.5) is 5.69 Å². The first-order valence-electron chi connectivity index (χ1n) is 10.4. The molecule has 1 aliphatic heterocycles. The number of hydrogen-bond acceptors (Lipinski definition) is 4. The summed E-state index contributed by atoms with van der Waals surface area (Å²) in [4.78, 5) is 28.7. The molecule has 1 amide bonds. The van der Waals surface area contributed by atoms with Crippen LogP contribution >= 0.6 is 11.8 Å². The van der Waals surface area contributed by atoms with E-state index >= 15 is 0 Å². The summed E-state index contributed by atoms with van der Waals surface area (Å²) in [5.41, 5.74) is 2.34. The van der Waals surface area contributed by atoms with Gasteiger partial charge < -0.3 is 9.80 Å². The Balaban J connectivity index is 1.57. The average molecular weight is 411 g/mol. The summed E-state index contributed by atoms with van der Waals surface area (Å²) in [6, 6.07) is 20.8. The van der Waals surface area contributed by atoms with Gasteiger partial charge in [-0.25, -0.2) is 0 Å². The lowest BCUT2D eigenvalue weighted by Gasteiger charge is -2.38. The van der Waals surface area contributed by atoms with Crippen LogP contribution in [0.5, 0.6) is 0 Å². The van der Waals surface area contributed by atoms with Gasteiger partial charge in [-0.15, -0.1) is 0 Å². The predicted molar refractivity (Wildman–Crippen MR) is 121 cm³/mol. The normalized spacial score (nSPS) is 15.2. The van der Waals surface area contributed by atoms with E-state index in [4.69, 9.17) is 0 Å². The van der Waals surface area contributed by atoms with Crippen LogP contribution in [-0.4, -0.2) is 47.4 Å². The van der Waals surface area contributed by atoms with Gasteiger partial charge >= 0.3 is 0 Å². The lowest BCUT2D eigenvalue weighted by atomic mass is 10.0. The highest BCUT2D eigenvalue weighted by Crippen LogP contribution is 2.25. The third-order valence-electron chi connectivity index (χ3n) is 5.41. The Bertz CT molecular complexity index is 774. The number of benzene rings is 2. The molecular formula is C24H30N2O2S. The molecule has 1 heterocycles. The van der Waals surface area contributed by atoms with Gasteiger partial charge in [0.2, 0.25) is 5.91 Å². The van der Waals surface area contributed by atoms with Crippen LogP contribution in [0.25, 0.3) is 0 Å². The summed E-state index contributed by atoms with van der Waals surface area (Å²) >= 11 is 1.23. The van der Waals surface area contributed by atoms with Crippen LogP contribution in [0.3, 0.4) is 0 Å². The Morgan fingerprint density at radius 1 is 1.00 bits per heavy atom. The van der Waals surface area contributed by atoms with Crippen LogP contribution in [0.2, 0.25) is 0 Å². The van der Waals surface area contributed by atoms with Gasteiger partial charge in [0.05, 0.1) is 0 Å². The fraction of sp³-hybridized carbons (Fsp3) is 0.417. The first-order valence-corrected chi connectivity index (χ1v) is 11.4. The van der Waals surface area contributed by atoms with Crippen molar-refractivity contribution in [1.29, 1.82) is 0 Å². The van der Waals surface area contributed by atoms with Crippen molar-refractivity contribution in [3.8, 4) is 0 Å². The summed E-state index contributed by atoms with van der Waals surface area (Å²) in [5, 5.41) is 0.0655. The number of para-hydroxylation sites is 1. The van der Waals surface area contributed by atoms with Gasteiger partial charge in [0.25, 0.3) is 0 Å². The minimum atomic E-state index is 0.0655. The molecule has 0 radical (unpaired) electrons. The molecule has 5 heteroatoms. The van der Waals surface area contributed by atoms with E-state index in [9.17, 15) is 9.59 Å². The summed E-state index contributed by atoms with van der Waals surface area (Å²) in [6.07, 6.45) is 3.42. The summed E-state index contributed by atoms with van der Waals surface area (Å²) in [6.45, 7) is 4.63. The lowest BCUT2D eigenvalue weighted by Crippen LogP contribution is -2.48. The monoisotopic (exact) mass is 410 g/mol. The summed E-state index contributed by atoms with van der Waals surface area (Å²) in [5.74, 6) is 0.667. The Morgan fingerprint density at radius 3 is 2.24 bits per heavy atom. The zero-order chi connectivity index (χ0) is 20.5. The number of amides is 1. The van der Waals surface area contributed by atoms with Crippen LogP contribution in [0.1, 0.15) is 31.7 Å². The Kier molecular flexibility index (Phi) is 8.32. The molecule has 0 spiro atoms. The van der Waals surface area contributed by atoms with E-state index in [1.807, 2.05) is 35.2 Å². The second kappa shape index (κ2) is 11.2. The molecule has 1 fully saturated rings. The van der Waals surface area contributed by atoms with Gasteiger partial charge in [-0.1, -0.05) is 60.3 Å². The van der Waals surface area contributed by atoms with Gasteiger partial charge in [-0.2, -0.15) is 0 Å². The van der Waals surface area contributed by atoms with Crippen molar-refractivity contribution in [3.63, 3.8) is 0 Å². The number of nitrogens with zero attached hydrogens (tertiary/aromatic N) is 2. The molecule has 0 N–H and O–H groups in total. The molecule has 1 aliphatic rings. The van der Waals surface area contributed by atoms with E-state index in [0.29, 0.717) is 12.2 Å². The molecule has 154 valence electrons. The average Bonchev–Trinajstić information content (AvgIpc) is 2.75. The Hall–Kier alpha value is -2.11. The van der Waals surface area contributed by atoms with Crippen LogP contribution in [0.15, 0.2) is 60.7 Å². The molecule has 0 aliphatic carbocycles. The first kappa shape index (κ1) is 21.6. The number of thioether (sulfide) groups is 1. The number of hydrogen-bond donors (Lipinski definition) is 0. The van der Waals surface area contributed by atoms with Crippen molar-refractivity contribution in [2.75, 3.05) is 30.3 Å². The molecule has 2 aromatic carbocycles. The Labute approximate surface area is 178 Å². The van der Waals surface area contributed by atoms with Crippen molar-refractivity contribution >= 4 is 28.5 Å². The minimum Gasteiger partial charge on any atom is -0.309 e. The van der Waals surface area contributed by atoms with E-state index in [1.54, 1.807) is 6.92 Å². The predicted octanol–water partition coefficient (Wildman–Crippen LogP) is 4.40. The summed E-state index contributed by atoms with van der Waals surface area (Å²) in [7, 11) is 0. The van der Waals surface area contributed by atoms with Crippen LogP contribution in [-0.2, 0) is 16.0 Å². The smallest absolute Gasteiger partial charge is 0.228 e. The molecule has 0 saturated carbocycles. The molecule has 0 unspecified atom stereocenters. The van der Waals surface area contributed by atoms with Gasteiger partial charge in [-0.3, -0.25) is 9.59 Å².